The van der Waals surface area contributed by atoms with Crippen molar-refractivity contribution in [3.05, 3.63) is 0 Å². The molecule has 0 aliphatic carbocycles. The van der Waals surface area contributed by atoms with Crippen LogP contribution in [0.2, 0.25) is 8.46 Å². The van der Waals surface area contributed by atoms with E-state index in [0.29, 0.717) is 0 Å². The summed E-state index contributed by atoms with van der Waals surface area (Å²) in [6.07, 6.45) is 0. The van der Waals surface area contributed by atoms with Gasteiger partial charge in [0, 0.05) is 0 Å². The molecule has 0 spiro atoms. The van der Waals surface area contributed by atoms with Crippen molar-refractivity contribution in [3.8, 4) is 0 Å². The molecule has 0 aromatic heterocycles. The average molecular weight is 322 g/mol. The first kappa shape index (κ1) is 7.50. The van der Waals surface area contributed by atoms with Gasteiger partial charge in [-0.2, -0.15) is 0 Å². The molecule has 0 fully saturated rings. The van der Waals surface area contributed by atoms with E-state index in [9.17, 15) is 0 Å². The van der Waals surface area contributed by atoms with Gasteiger partial charge in [-0.05, 0) is 0 Å². The van der Waals surface area contributed by atoms with Crippen molar-refractivity contribution in [2.45, 2.75) is 15.4 Å². The molecule has 0 bridgehead atoms. The number of halogens is 2. The maximum absolute atomic E-state index is 5.71. The Kier molecular flexibility index (Phi) is 3.40. The zero-order valence-electron chi connectivity index (χ0n) is 3.96. The molecule has 0 N–H and O–H groups in total. The molecule has 38 valence electrons. The van der Waals surface area contributed by atoms with Crippen LogP contribution in [0.25, 0.3) is 0 Å². The van der Waals surface area contributed by atoms with Gasteiger partial charge in [0.05, 0.1) is 0 Å². The monoisotopic (exact) mass is 322 g/mol. The Morgan fingerprint density at radius 1 is 1.50 bits per heavy atom. The quantitative estimate of drug-likeness (QED) is 0.651. The minimum atomic E-state index is -2.39. The fraction of sp³-hybridized carbons (Fsp3) is 1.00. The molecule has 0 aliphatic heterocycles. The van der Waals surface area contributed by atoms with Crippen LogP contribution < -0.4 is 0 Å². The number of rotatable bonds is 1. The van der Waals surface area contributed by atoms with Crippen LogP contribution in [-0.4, -0.2) is 18.7 Å². The summed E-state index contributed by atoms with van der Waals surface area (Å²) < 4.78 is 3.02. The number of hydrogen-bond acceptors (Lipinski definition) is 0. The Balaban J connectivity index is 3.17. The van der Waals surface area contributed by atoms with Crippen molar-refractivity contribution in [2.24, 2.45) is 0 Å². The van der Waals surface area contributed by atoms with Gasteiger partial charge in [-0.1, -0.05) is 0 Å². The summed E-state index contributed by atoms with van der Waals surface area (Å²) >= 11 is -2.39. The summed E-state index contributed by atoms with van der Waals surface area (Å²) in [5.74, 6) is 0. The molecular weight excluding hydrogens is 314 g/mol. The van der Waals surface area contributed by atoms with Crippen molar-refractivity contribution < 1.29 is 0 Å². The molecule has 0 amide bonds. The SMILES string of the molecule is C[CH2][Pb]([CH3])([Cl])[Cl]. The molecule has 0 saturated carbocycles. The molecule has 0 radical (unpaired) electrons. The van der Waals surface area contributed by atoms with Crippen molar-refractivity contribution >= 4 is 35.4 Å². The Hall–Kier alpha value is 1.50. The molecule has 0 rings (SSSR count). The Bertz CT molecular complexity index is 38.5. The van der Waals surface area contributed by atoms with E-state index in [4.69, 9.17) is 16.6 Å². The molecular formula is C3H8Cl2Pb. The van der Waals surface area contributed by atoms with Crippen molar-refractivity contribution in [3.63, 3.8) is 0 Å². The van der Waals surface area contributed by atoms with Gasteiger partial charge in [-0.15, -0.1) is 0 Å². The minimum absolute atomic E-state index is 1.02. The first-order valence-corrected chi connectivity index (χ1v) is 18.1. The Morgan fingerprint density at radius 3 is 1.67 bits per heavy atom. The van der Waals surface area contributed by atoms with Crippen molar-refractivity contribution in [1.29, 1.82) is 0 Å². The Morgan fingerprint density at radius 2 is 1.67 bits per heavy atom. The molecule has 3 heteroatoms. The maximum atomic E-state index is 5.71. The molecule has 0 atom stereocenters. The first-order valence-electron chi connectivity index (χ1n) is 1.94. The molecule has 0 aromatic rings. The van der Waals surface area contributed by atoms with Crippen LogP contribution in [0, 0.1) is 0 Å². The molecule has 6 heavy (non-hydrogen) atoms. The van der Waals surface area contributed by atoms with E-state index in [0.717, 1.165) is 3.98 Å². The van der Waals surface area contributed by atoms with Crippen LogP contribution >= 0.6 is 16.6 Å². The zero-order valence-corrected chi connectivity index (χ0v) is 9.36. The summed E-state index contributed by atoms with van der Waals surface area (Å²) in [6.45, 7) is 2.04. The van der Waals surface area contributed by atoms with Crippen LogP contribution in [0.4, 0.5) is 0 Å². The van der Waals surface area contributed by atoms with E-state index >= 15 is 0 Å². The molecule has 0 saturated heterocycles. The van der Waals surface area contributed by atoms with E-state index in [1.54, 1.807) is 0 Å². The van der Waals surface area contributed by atoms with Gasteiger partial charge < -0.3 is 0 Å². The standard InChI is InChI=1S/C2H5.CH3.2ClH.Pb/c1-2;;;;/h1H2,2H3;1H3;2*1H;/q;;;;+2/p-2. The van der Waals surface area contributed by atoms with Crippen LogP contribution in [0.5, 0.6) is 0 Å². The topological polar surface area (TPSA) is 0 Å². The summed E-state index contributed by atoms with van der Waals surface area (Å²) in [5.41, 5.74) is 0. The summed E-state index contributed by atoms with van der Waals surface area (Å²) in [6, 6.07) is 0. The van der Waals surface area contributed by atoms with E-state index in [2.05, 4.69) is 0 Å². The third kappa shape index (κ3) is 5.50. The van der Waals surface area contributed by atoms with Gasteiger partial charge in [0.25, 0.3) is 0 Å². The normalized spacial score (nSPS) is 12.0. The van der Waals surface area contributed by atoms with E-state index in [1.165, 1.54) is 0 Å². The fourth-order valence-electron chi connectivity index (χ4n) is 0. The van der Waals surface area contributed by atoms with Crippen LogP contribution in [0.1, 0.15) is 6.92 Å². The summed E-state index contributed by atoms with van der Waals surface area (Å²) in [4.78, 5) is 0. The predicted molar refractivity (Wildman–Crippen MR) is 33.8 cm³/mol. The first-order chi connectivity index (χ1) is 2.56. The van der Waals surface area contributed by atoms with Crippen molar-refractivity contribution in [1.82, 2.24) is 0 Å². The zero-order chi connectivity index (χ0) is 5.21. The van der Waals surface area contributed by atoms with Gasteiger partial charge in [-0.3, -0.25) is 0 Å². The van der Waals surface area contributed by atoms with Gasteiger partial charge in [0.1, 0.15) is 0 Å². The third-order valence-electron chi connectivity index (χ3n) is 0.621. The second-order valence-corrected chi connectivity index (χ2v) is 28.8. The van der Waals surface area contributed by atoms with Crippen LogP contribution in [0.3, 0.4) is 0 Å². The van der Waals surface area contributed by atoms with Crippen molar-refractivity contribution in [2.75, 3.05) is 0 Å². The van der Waals surface area contributed by atoms with E-state index in [-0.39, 0.29) is 0 Å². The summed E-state index contributed by atoms with van der Waals surface area (Å²) in [7, 11) is 11.4. The molecule has 0 unspecified atom stereocenters. The molecule has 0 nitrogen and oxygen atoms in total. The fourth-order valence-corrected chi connectivity index (χ4v) is 0. The Labute approximate surface area is 50.4 Å². The van der Waals surface area contributed by atoms with Gasteiger partial charge in [-0.25, -0.2) is 0 Å². The molecule has 0 aliphatic rings. The average Bonchev–Trinajstić information content (AvgIpc) is 1.35. The van der Waals surface area contributed by atoms with E-state index in [1.807, 2.05) is 11.4 Å². The van der Waals surface area contributed by atoms with Gasteiger partial charge >= 0.3 is 50.7 Å². The molecule has 0 heterocycles. The van der Waals surface area contributed by atoms with Gasteiger partial charge in [0.2, 0.25) is 0 Å². The van der Waals surface area contributed by atoms with Crippen LogP contribution in [-0.2, 0) is 0 Å². The van der Waals surface area contributed by atoms with Crippen LogP contribution in [0.15, 0.2) is 0 Å². The summed E-state index contributed by atoms with van der Waals surface area (Å²) in [5, 5.41) is 0. The second kappa shape index (κ2) is 2.72. The van der Waals surface area contributed by atoms with Gasteiger partial charge in [0.15, 0.2) is 0 Å². The predicted octanol–water partition coefficient (Wildman–Crippen LogP) is 2.56. The second-order valence-electron chi connectivity index (χ2n) is 1.42. The number of hydrogen-bond donors (Lipinski definition) is 0. The molecule has 0 aromatic carbocycles. The van der Waals surface area contributed by atoms with E-state index < -0.39 is 18.7 Å². The third-order valence-corrected chi connectivity index (χ3v) is 10.1.